The van der Waals surface area contributed by atoms with Gasteiger partial charge in [0.2, 0.25) is 0 Å². The number of likely N-dealkylation sites (N-methyl/N-ethyl adjacent to an activating group) is 1. The van der Waals surface area contributed by atoms with Crippen LogP contribution in [0.15, 0.2) is 30.3 Å². The molecule has 0 radical (unpaired) electrons. The summed E-state index contributed by atoms with van der Waals surface area (Å²) in [5.41, 5.74) is 1.43. The average molecular weight is 262 g/mol. The summed E-state index contributed by atoms with van der Waals surface area (Å²) in [7, 11) is 2.23. The van der Waals surface area contributed by atoms with E-state index >= 15 is 0 Å². The summed E-state index contributed by atoms with van der Waals surface area (Å²) < 4.78 is 0. The number of nitrogens with zero attached hydrogens (tertiary/aromatic N) is 1. The first-order valence-corrected chi connectivity index (χ1v) is 7.59. The van der Waals surface area contributed by atoms with Crippen LogP contribution >= 0.6 is 0 Å². The average Bonchev–Trinajstić information content (AvgIpc) is 2.42. The van der Waals surface area contributed by atoms with E-state index in [9.17, 15) is 0 Å². The Bertz CT molecular complexity index is 321. The standard InChI is InChI=1S/C17H30N2/c1-5-12-18-17(15(2)3)14-19(4)13-11-16-9-7-6-8-10-16/h6-10,15,17-18H,5,11-14H2,1-4H3. The molecule has 0 aliphatic heterocycles. The van der Waals surface area contributed by atoms with Gasteiger partial charge in [-0.15, -0.1) is 0 Å². The molecular formula is C17H30N2. The van der Waals surface area contributed by atoms with E-state index in [1.165, 1.54) is 12.0 Å². The van der Waals surface area contributed by atoms with Crippen molar-refractivity contribution in [1.82, 2.24) is 10.2 Å². The van der Waals surface area contributed by atoms with Crippen molar-refractivity contribution >= 4 is 0 Å². The fourth-order valence-corrected chi connectivity index (χ4v) is 2.23. The molecule has 1 rings (SSSR count). The Morgan fingerprint density at radius 2 is 1.84 bits per heavy atom. The summed E-state index contributed by atoms with van der Waals surface area (Å²) in [5, 5.41) is 3.66. The zero-order chi connectivity index (χ0) is 14.1. The zero-order valence-corrected chi connectivity index (χ0v) is 13.0. The Morgan fingerprint density at radius 1 is 1.16 bits per heavy atom. The summed E-state index contributed by atoms with van der Waals surface area (Å²) in [5.74, 6) is 0.686. The Kier molecular flexibility index (Phi) is 7.76. The van der Waals surface area contributed by atoms with E-state index in [1.807, 2.05) is 0 Å². The Morgan fingerprint density at radius 3 is 2.42 bits per heavy atom. The normalized spacial score (nSPS) is 13.2. The molecule has 1 aromatic carbocycles. The van der Waals surface area contributed by atoms with E-state index in [1.54, 1.807) is 0 Å². The van der Waals surface area contributed by atoms with Gasteiger partial charge in [-0.2, -0.15) is 0 Å². The lowest BCUT2D eigenvalue weighted by molar-refractivity contribution is 0.257. The van der Waals surface area contributed by atoms with Crippen molar-refractivity contribution in [3.63, 3.8) is 0 Å². The molecule has 1 unspecified atom stereocenters. The van der Waals surface area contributed by atoms with Gasteiger partial charge in [0, 0.05) is 19.1 Å². The van der Waals surface area contributed by atoms with Crippen LogP contribution in [-0.4, -0.2) is 37.6 Å². The minimum absolute atomic E-state index is 0.598. The largest absolute Gasteiger partial charge is 0.312 e. The quantitative estimate of drug-likeness (QED) is 0.735. The lowest BCUT2D eigenvalue weighted by Crippen LogP contribution is -2.43. The minimum atomic E-state index is 0.598. The maximum atomic E-state index is 3.66. The van der Waals surface area contributed by atoms with E-state index in [0.29, 0.717) is 12.0 Å². The summed E-state index contributed by atoms with van der Waals surface area (Å²) in [6.07, 6.45) is 2.34. The van der Waals surface area contributed by atoms with Crippen molar-refractivity contribution in [1.29, 1.82) is 0 Å². The second kappa shape index (κ2) is 9.11. The number of benzene rings is 1. The van der Waals surface area contributed by atoms with Gasteiger partial charge in [0.1, 0.15) is 0 Å². The van der Waals surface area contributed by atoms with Gasteiger partial charge in [-0.1, -0.05) is 51.1 Å². The third-order valence-electron chi connectivity index (χ3n) is 3.59. The van der Waals surface area contributed by atoms with Crippen molar-refractivity contribution in [3.8, 4) is 0 Å². The van der Waals surface area contributed by atoms with Crippen LogP contribution in [0, 0.1) is 5.92 Å². The van der Waals surface area contributed by atoms with E-state index in [4.69, 9.17) is 0 Å². The molecule has 0 saturated heterocycles. The van der Waals surface area contributed by atoms with Crippen molar-refractivity contribution in [2.24, 2.45) is 5.92 Å². The van der Waals surface area contributed by atoms with Crippen molar-refractivity contribution in [3.05, 3.63) is 35.9 Å². The van der Waals surface area contributed by atoms with Crippen LogP contribution in [0.3, 0.4) is 0 Å². The lowest BCUT2D eigenvalue weighted by atomic mass is 10.0. The molecule has 0 aromatic heterocycles. The second-order valence-electron chi connectivity index (χ2n) is 5.80. The maximum Gasteiger partial charge on any atom is 0.0217 e. The number of hydrogen-bond acceptors (Lipinski definition) is 2. The maximum absolute atomic E-state index is 3.66. The molecule has 0 saturated carbocycles. The van der Waals surface area contributed by atoms with Crippen LogP contribution < -0.4 is 5.32 Å². The molecule has 0 fully saturated rings. The van der Waals surface area contributed by atoms with Crippen LogP contribution in [0.2, 0.25) is 0 Å². The zero-order valence-electron chi connectivity index (χ0n) is 13.0. The van der Waals surface area contributed by atoms with Crippen LogP contribution in [0.4, 0.5) is 0 Å². The molecule has 0 spiro atoms. The molecule has 0 aliphatic carbocycles. The first kappa shape index (κ1) is 16.2. The van der Waals surface area contributed by atoms with Gasteiger partial charge in [0.25, 0.3) is 0 Å². The highest BCUT2D eigenvalue weighted by atomic mass is 15.1. The van der Waals surface area contributed by atoms with Gasteiger partial charge < -0.3 is 10.2 Å². The smallest absolute Gasteiger partial charge is 0.0217 e. The van der Waals surface area contributed by atoms with Crippen LogP contribution in [0.5, 0.6) is 0 Å². The van der Waals surface area contributed by atoms with Crippen LogP contribution in [-0.2, 0) is 6.42 Å². The fraction of sp³-hybridized carbons (Fsp3) is 0.647. The second-order valence-corrected chi connectivity index (χ2v) is 5.80. The highest BCUT2D eigenvalue weighted by Gasteiger charge is 2.14. The summed E-state index contributed by atoms with van der Waals surface area (Å²) in [6, 6.07) is 11.3. The topological polar surface area (TPSA) is 15.3 Å². The van der Waals surface area contributed by atoms with Crippen LogP contribution in [0.1, 0.15) is 32.8 Å². The molecule has 0 aliphatic rings. The van der Waals surface area contributed by atoms with Crippen molar-refractivity contribution in [2.75, 3.05) is 26.7 Å². The third-order valence-corrected chi connectivity index (χ3v) is 3.59. The molecule has 0 amide bonds. The molecule has 2 nitrogen and oxygen atoms in total. The molecule has 0 bridgehead atoms. The Balaban J connectivity index is 2.33. The third kappa shape index (κ3) is 6.74. The fourth-order valence-electron chi connectivity index (χ4n) is 2.23. The first-order valence-electron chi connectivity index (χ1n) is 7.59. The van der Waals surface area contributed by atoms with E-state index in [2.05, 4.69) is 68.4 Å². The van der Waals surface area contributed by atoms with Crippen molar-refractivity contribution < 1.29 is 0 Å². The minimum Gasteiger partial charge on any atom is -0.312 e. The van der Waals surface area contributed by atoms with E-state index in [0.717, 1.165) is 26.1 Å². The van der Waals surface area contributed by atoms with Crippen molar-refractivity contribution in [2.45, 2.75) is 39.7 Å². The van der Waals surface area contributed by atoms with Gasteiger partial charge in [-0.3, -0.25) is 0 Å². The SMILES string of the molecule is CCCNC(CN(C)CCc1ccccc1)C(C)C. The highest BCUT2D eigenvalue weighted by molar-refractivity contribution is 5.14. The monoisotopic (exact) mass is 262 g/mol. The van der Waals surface area contributed by atoms with Gasteiger partial charge >= 0.3 is 0 Å². The number of rotatable bonds is 9. The molecule has 1 aromatic rings. The summed E-state index contributed by atoms with van der Waals surface area (Å²) in [6.45, 7) is 10.2. The van der Waals surface area contributed by atoms with E-state index < -0.39 is 0 Å². The van der Waals surface area contributed by atoms with Gasteiger partial charge in [0.15, 0.2) is 0 Å². The molecule has 0 heterocycles. The molecule has 19 heavy (non-hydrogen) atoms. The number of hydrogen-bond donors (Lipinski definition) is 1. The number of nitrogens with one attached hydrogen (secondary N) is 1. The predicted octanol–water partition coefficient (Wildman–Crippen LogP) is 3.19. The summed E-state index contributed by atoms with van der Waals surface area (Å²) in [4.78, 5) is 2.44. The Labute approximate surface area is 119 Å². The molecule has 108 valence electrons. The molecule has 1 atom stereocenters. The molecule has 2 heteroatoms. The van der Waals surface area contributed by atoms with Gasteiger partial charge in [-0.25, -0.2) is 0 Å². The van der Waals surface area contributed by atoms with Crippen LogP contribution in [0.25, 0.3) is 0 Å². The Hall–Kier alpha value is -0.860. The van der Waals surface area contributed by atoms with E-state index in [-0.39, 0.29) is 0 Å². The predicted molar refractivity (Wildman–Crippen MR) is 84.6 cm³/mol. The van der Waals surface area contributed by atoms with Gasteiger partial charge in [-0.05, 0) is 37.9 Å². The highest BCUT2D eigenvalue weighted by Crippen LogP contribution is 2.05. The van der Waals surface area contributed by atoms with Gasteiger partial charge in [0.05, 0.1) is 0 Å². The molecule has 1 N–H and O–H groups in total. The molecular weight excluding hydrogens is 232 g/mol. The summed E-state index contributed by atoms with van der Waals surface area (Å²) >= 11 is 0. The first-order chi connectivity index (χ1) is 9.13. The lowest BCUT2D eigenvalue weighted by Gasteiger charge is -2.28.